The lowest BCUT2D eigenvalue weighted by Crippen LogP contribution is -2.17. The third-order valence-corrected chi connectivity index (χ3v) is 3.48. The third-order valence-electron chi connectivity index (χ3n) is 2.49. The van der Waals surface area contributed by atoms with E-state index in [2.05, 4.69) is 15.5 Å². The summed E-state index contributed by atoms with van der Waals surface area (Å²) >= 11 is 1.14. The van der Waals surface area contributed by atoms with E-state index < -0.39 is 0 Å². The van der Waals surface area contributed by atoms with Crippen LogP contribution in [0.3, 0.4) is 0 Å². The van der Waals surface area contributed by atoms with Crippen LogP contribution in [-0.2, 0) is 0 Å². The number of aryl methyl sites for hydroxylation is 1. The lowest BCUT2D eigenvalue weighted by atomic mass is 10.2. The van der Waals surface area contributed by atoms with E-state index in [0.717, 1.165) is 22.6 Å². The zero-order chi connectivity index (χ0) is 14.5. The zero-order valence-corrected chi connectivity index (χ0v) is 11.9. The second-order valence-electron chi connectivity index (χ2n) is 3.94. The number of hydrogen-bond donors (Lipinski definition) is 2. The van der Waals surface area contributed by atoms with E-state index in [1.807, 2.05) is 24.3 Å². The first-order valence-electron chi connectivity index (χ1n) is 5.80. The van der Waals surface area contributed by atoms with Crippen LogP contribution in [-0.4, -0.2) is 24.2 Å². The Hall–Kier alpha value is -2.41. The van der Waals surface area contributed by atoms with Crippen LogP contribution in [0.2, 0.25) is 0 Å². The summed E-state index contributed by atoms with van der Waals surface area (Å²) in [4.78, 5) is 16.3. The van der Waals surface area contributed by atoms with E-state index in [4.69, 9.17) is 10.5 Å². The largest absolute Gasteiger partial charge is 0.497 e. The fraction of sp³-hybridized carbons (Fsp3) is 0.154. The number of hydrogen-bond acceptors (Lipinski definition) is 6. The Morgan fingerprint density at radius 1 is 1.55 bits per heavy atom. The molecule has 0 spiro atoms. The van der Waals surface area contributed by atoms with Gasteiger partial charge in [0.05, 0.1) is 19.0 Å². The molecule has 0 fully saturated rings. The van der Waals surface area contributed by atoms with Gasteiger partial charge in [0.25, 0.3) is 5.91 Å². The molecule has 0 aliphatic heterocycles. The highest BCUT2D eigenvalue weighted by Crippen LogP contribution is 2.19. The standard InChI is InChI=1S/C13H14N4O2S/c1-8-11(20-13(14)16-8)12(18)17-15-7-9-4-3-5-10(6-9)19-2/h3-7H,1-2H3,(H2,14,16)(H,17,18)/b15-7-. The Labute approximate surface area is 120 Å². The van der Waals surface area contributed by atoms with Gasteiger partial charge in [0.1, 0.15) is 10.6 Å². The van der Waals surface area contributed by atoms with Crippen molar-refractivity contribution in [2.24, 2.45) is 5.10 Å². The van der Waals surface area contributed by atoms with Gasteiger partial charge in [0.2, 0.25) is 0 Å². The Bertz CT molecular complexity index is 652. The first kappa shape index (κ1) is 14.0. The normalized spacial score (nSPS) is 10.7. The number of nitrogens with zero attached hydrogens (tertiary/aromatic N) is 2. The minimum Gasteiger partial charge on any atom is -0.497 e. The number of benzene rings is 1. The van der Waals surface area contributed by atoms with Crippen molar-refractivity contribution in [3.8, 4) is 5.75 Å². The summed E-state index contributed by atoms with van der Waals surface area (Å²) < 4.78 is 5.10. The SMILES string of the molecule is COc1cccc(/C=N\NC(=O)c2sc(N)nc2C)c1. The number of hydrazone groups is 1. The highest BCUT2D eigenvalue weighted by atomic mass is 32.1. The van der Waals surface area contributed by atoms with Gasteiger partial charge < -0.3 is 10.5 Å². The van der Waals surface area contributed by atoms with Gasteiger partial charge in [0, 0.05) is 0 Å². The third kappa shape index (κ3) is 3.33. The number of nitrogens with two attached hydrogens (primary N) is 1. The highest BCUT2D eigenvalue weighted by Gasteiger charge is 2.13. The molecule has 2 rings (SSSR count). The van der Waals surface area contributed by atoms with Gasteiger partial charge in [-0.1, -0.05) is 23.5 Å². The van der Waals surface area contributed by atoms with Crippen LogP contribution in [0.15, 0.2) is 29.4 Å². The molecule has 0 unspecified atom stereocenters. The Balaban J connectivity index is 2.02. The number of amides is 1. The predicted octanol–water partition coefficient (Wildman–Crippen LogP) is 1.81. The van der Waals surface area contributed by atoms with Gasteiger partial charge in [-0.3, -0.25) is 4.79 Å². The maximum Gasteiger partial charge on any atom is 0.283 e. The molecule has 0 bridgehead atoms. The molecular weight excluding hydrogens is 276 g/mol. The predicted molar refractivity (Wildman–Crippen MR) is 79.3 cm³/mol. The molecule has 0 saturated heterocycles. The fourth-order valence-electron chi connectivity index (χ4n) is 1.57. The van der Waals surface area contributed by atoms with Crippen molar-refractivity contribution in [3.63, 3.8) is 0 Å². The molecule has 0 radical (unpaired) electrons. The Morgan fingerprint density at radius 3 is 3.00 bits per heavy atom. The number of carbonyl (C=O) groups excluding carboxylic acids is 1. The number of rotatable bonds is 4. The van der Waals surface area contributed by atoms with Crippen molar-refractivity contribution in [1.82, 2.24) is 10.4 Å². The minimum atomic E-state index is -0.323. The molecule has 1 amide bonds. The molecule has 1 heterocycles. The van der Waals surface area contributed by atoms with Gasteiger partial charge in [-0.2, -0.15) is 5.10 Å². The molecule has 20 heavy (non-hydrogen) atoms. The van der Waals surface area contributed by atoms with Crippen molar-refractivity contribution in [2.75, 3.05) is 12.8 Å². The van der Waals surface area contributed by atoms with Crippen LogP contribution in [0.5, 0.6) is 5.75 Å². The van der Waals surface area contributed by atoms with Crippen molar-refractivity contribution >= 4 is 28.6 Å². The first-order chi connectivity index (χ1) is 9.60. The summed E-state index contributed by atoms with van der Waals surface area (Å²) in [7, 11) is 1.59. The van der Waals surface area contributed by atoms with Gasteiger partial charge in [-0.15, -0.1) is 0 Å². The first-order valence-corrected chi connectivity index (χ1v) is 6.62. The molecule has 0 aliphatic rings. The summed E-state index contributed by atoms with van der Waals surface area (Å²) in [5.74, 6) is 0.405. The molecule has 1 aromatic heterocycles. The van der Waals surface area contributed by atoms with E-state index in [1.54, 1.807) is 20.2 Å². The Kier molecular flexibility index (Phi) is 4.31. The second-order valence-corrected chi connectivity index (χ2v) is 4.97. The van der Waals surface area contributed by atoms with Gasteiger partial charge >= 0.3 is 0 Å². The van der Waals surface area contributed by atoms with Crippen LogP contribution < -0.4 is 15.9 Å². The van der Waals surface area contributed by atoms with Crippen LogP contribution in [0.25, 0.3) is 0 Å². The molecule has 0 atom stereocenters. The summed E-state index contributed by atoms with van der Waals surface area (Å²) in [5.41, 5.74) is 9.41. The van der Waals surface area contributed by atoms with Crippen LogP contribution in [0, 0.1) is 6.92 Å². The molecule has 0 aliphatic carbocycles. The molecule has 1 aromatic carbocycles. The minimum absolute atomic E-state index is 0.323. The second kappa shape index (κ2) is 6.16. The monoisotopic (exact) mass is 290 g/mol. The van der Waals surface area contributed by atoms with Crippen molar-refractivity contribution in [2.45, 2.75) is 6.92 Å². The number of methoxy groups -OCH3 is 1. The van der Waals surface area contributed by atoms with Crippen molar-refractivity contribution in [3.05, 3.63) is 40.4 Å². The summed E-state index contributed by atoms with van der Waals surface area (Å²) in [6, 6.07) is 7.34. The van der Waals surface area contributed by atoms with Crippen LogP contribution >= 0.6 is 11.3 Å². The number of nitrogens with one attached hydrogen (secondary N) is 1. The molecule has 6 nitrogen and oxygen atoms in total. The van der Waals surface area contributed by atoms with E-state index in [9.17, 15) is 4.79 Å². The molecule has 0 saturated carbocycles. The fourth-order valence-corrected chi connectivity index (χ4v) is 2.29. The zero-order valence-electron chi connectivity index (χ0n) is 11.1. The van der Waals surface area contributed by atoms with E-state index in [-0.39, 0.29) is 5.91 Å². The smallest absolute Gasteiger partial charge is 0.283 e. The molecule has 104 valence electrons. The lowest BCUT2D eigenvalue weighted by Gasteiger charge is -2.00. The maximum atomic E-state index is 11.9. The number of ether oxygens (including phenoxy) is 1. The highest BCUT2D eigenvalue weighted by molar-refractivity contribution is 7.17. The molecule has 7 heteroatoms. The number of carbonyl (C=O) groups is 1. The topological polar surface area (TPSA) is 89.6 Å². The van der Waals surface area contributed by atoms with E-state index in [0.29, 0.717) is 15.7 Å². The van der Waals surface area contributed by atoms with Crippen molar-refractivity contribution < 1.29 is 9.53 Å². The molecular formula is C13H14N4O2S. The summed E-state index contributed by atoms with van der Waals surface area (Å²) in [6.45, 7) is 1.73. The summed E-state index contributed by atoms with van der Waals surface area (Å²) in [6.07, 6.45) is 1.54. The van der Waals surface area contributed by atoms with Gasteiger partial charge in [0.15, 0.2) is 5.13 Å². The van der Waals surface area contributed by atoms with E-state index >= 15 is 0 Å². The van der Waals surface area contributed by atoms with Crippen LogP contribution in [0.1, 0.15) is 20.9 Å². The van der Waals surface area contributed by atoms with Crippen LogP contribution in [0.4, 0.5) is 5.13 Å². The number of aromatic nitrogens is 1. The number of anilines is 1. The van der Waals surface area contributed by atoms with Gasteiger partial charge in [-0.05, 0) is 24.6 Å². The number of thiazole rings is 1. The maximum absolute atomic E-state index is 11.9. The average molecular weight is 290 g/mol. The molecule has 2 aromatic rings. The lowest BCUT2D eigenvalue weighted by molar-refractivity contribution is 0.0958. The van der Waals surface area contributed by atoms with E-state index in [1.165, 1.54) is 0 Å². The molecule has 3 N–H and O–H groups in total. The van der Waals surface area contributed by atoms with Crippen molar-refractivity contribution in [1.29, 1.82) is 0 Å². The number of nitrogen functional groups attached to an aromatic ring is 1. The quantitative estimate of drug-likeness (QED) is 0.663. The average Bonchev–Trinajstić information content (AvgIpc) is 2.78. The Morgan fingerprint density at radius 2 is 2.35 bits per heavy atom. The summed E-state index contributed by atoms with van der Waals surface area (Å²) in [5, 5.41) is 4.27. The van der Waals surface area contributed by atoms with Gasteiger partial charge in [-0.25, -0.2) is 10.4 Å².